The Bertz CT molecular complexity index is 1100. The molecule has 0 bridgehead atoms. The second-order valence-electron chi connectivity index (χ2n) is 7.42. The van der Waals surface area contributed by atoms with Gasteiger partial charge in [-0.25, -0.2) is 8.78 Å². The van der Waals surface area contributed by atoms with Crippen molar-refractivity contribution in [2.24, 2.45) is 13.0 Å². The molecule has 168 valence electrons. The molecule has 1 atom stereocenters. The first-order valence-corrected chi connectivity index (χ1v) is 10.9. The lowest BCUT2D eigenvalue weighted by atomic mass is 10.0. The van der Waals surface area contributed by atoms with Crippen LogP contribution in [-0.2, 0) is 11.8 Å². The summed E-state index contributed by atoms with van der Waals surface area (Å²) in [5, 5.41) is 14.1. The zero-order chi connectivity index (χ0) is 23.3. The van der Waals surface area contributed by atoms with Crippen molar-refractivity contribution in [2.45, 2.75) is 25.0 Å². The molecule has 0 saturated heterocycles. The van der Waals surface area contributed by atoms with Crippen molar-refractivity contribution in [3.8, 4) is 0 Å². The Morgan fingerprint density at radius 2 is 1.81 bits per heavy atom. The number of rotatable bonds is 8. The van der Waals surface area contributed by atoms with E-state index in [1.807, 2.05) is 19.9 Å². The summed E-state index contributed by atoms with van der Waals surface area (Å²) in [7, 11) is 1.74. The summed E-state index contributed by atoms with van der Waals surface area (Å²) in [4.78, 5) is 24.8. The summed E-state index contributed by atoms with van der Waals surface area (Å²) >= 11 is 1.10. The van der Waals surface area contributed by atoms with Crippen LogP contribution in [0, 0.1) is 17.6 Å². The minimum Gasteiger partial charge on any atom is -0.342 e. The number of thioether (sulfide) groups is 1. The fourth-order valence-electron chi connectivity index (χ4n) is 2.98. The molecular weight excluding hydrogens is 436 g/mol. The monoisotopic (exact) mass is 459 g/mol. The number of aromatic nitrogens is 3. The van der Waals surface area contributed by atoms with Crippen molar-refractivity contribution in [3.63, 3.8) is 0 Å². The lowest BCUT2D eigenvalue weighted by Crippen LogP contribution is -2.33. The molecule has 3 rings (SSSR count). The van der Waals surface area contributed by atoms with Crippen LogP contribution < -0.4 is 10.6 Å². The van der Waals surface area contributed by atoms with Crippen molar-refractivity contribution in [3.05, 3.63) is 71.6 Å². The Hall–Kier alpha value is -3.27. The van der Waals surface area contributed by atoms with Gasteiger partial charge in [0.2, 0.25) is 5.91 Å². The van der Waals surface area contributed by atoms with Crippen molar-refractivity contribution in [1.82, 2.24) is 20.1 Å². The van der Waals surface area contributed by atoms with Crippen LogP contribution in [0.4, 0.5) is 14.5 Å². The number of anilines is 1. The fourth-order valence-corrected chi connectivity index (χ4v) is 3.69. The lowest BCUT2D eigenvalue weighted by molar-refractivity contribution is -0.113. The maximum absolute atomic E-state index is 13.7. The average molecular weight is 460 g/mol. The molecule has 1 heterocycles. The molecule has 0 spiro atoms. The largest absolute Gasteiger partial charge is 0.342 e. The number of amides is 2. The van der Waals surface area contributed by atoms with Gasteiger partial charge < -0.3 is 15.2 Å². The molecular formula is C22H23F2N5O2S. The minimum atomic E-state index is -0.723. The summed E-state index contributed by atoms with van der Waals surface area (Å²) in [6.45, 7) is 3.91. The summed E-state index contributed by atoms with van der Waals surface area (Å²) in [6, 6.07) is 11.3. The van der Waals surface area contributed by atoms with Gasteiger partial charge in [-0.1, -0.05) is 43.8 Å². The van der Waals surface area contributed by atoms with E-state index in [2.05, 4.69) is 20.8 Å². The highest BCUT2D eigenvalue weighted by atomic mass is 32.2. The molecule has 7 nitrogen and oxygen atoms in total. The molecule has 0 saturated carbocycles. The number of benzene rings is 2. The van der Waals surface area contributed by atoms with Crippen molar-refractivity contribution < 1.29 is 18.4 Å². The normalized spacial score (nSPS) is 11.9. The number of halogens is 2. The van der Waals surface area contributed by atoms with Crippen LogP contribution in [0.25, 0.3) is 0 Å². The molecule has 1 unspecified atom stereocenters. The highest BCUT2D eigenvalue weighted by Crippen LogP contribution is 2.25. The molecule has 2 amide bonds. The van der Waals surface area contributed by atoms with Crippen LogP contribution in [0.2, 0.25) is 0 Å². The lowest BCUT2D eigenvalue weighted by Gasteiger charge is -2.21. The van der Waals surface area contributed by atoms with E-state index in [1.165, 1.54) is 0 Å². The van der Waals surface area contributed by atoms with Crippen LogP contribution in [0.5, 0.6) is 0 Å². The third-order valence-corrected chi connectivity index (χ3v) is 5.69. The smallest absolute Gasteiger partial charge is 0.251 e. The van der Waals surface area contributed by atoms with Gasteiger partial charge in [0.05, 0.1) is 17.5 Å². The Morgan fingerprint density at radius 3 is 2.50 bits per heavy atom. The van der Waals surface area contributed by atoms with E-state index in [-0.39, 0.29) is 23.3 Å². The Morgan fingerprint density at radius 1 is 1.09 bits per heavy atom. The van der Waals surface area contributed by atoms with Gasteiger partial charge in [0.1, 0.15) is 11.6 Å². The van der Waals surface area contributed by atoms with E-state index in [4.69, 9.17) is 0 Å². The maximum atomic E-state index is 13.7. The van der Waals surface area contributed by atoms with E-state index in [0.29, 0.717) is 16.5 Å². The molecule has 10 heteroatoms. The van der Waals surface area contributed by atoms with Crippen LogP contribution in [0.3, 0.4) is 0 Å². The van der Waals surface area contributed by atoms with Crippen LogP contribution in [0.15, 0.2) is 53.7 Å². The Balaban J connectivity index is 1.67. The summed E-state index contributed by atoms with van der Waals surface area (Å²) in [6.07, 6.45) is 0. The summed E-state index contributed by atoms with van der Waals surface area (Å²) in [5.74, 6) is -1.61. The minimum absolute atomic E-state index is 0.0302. The van der Waals surface area contributed by atoms with E-state index in [9.17, 15) is 18.4 Å². The Labute approximate surface area is 188 Å². The highest BCUT2D eigenvalue weighted by Gasteiger charge is 2.25. The third kappa shape index (κ3) is 5.70. The highest BCUT2D eigenvalue weighted by molar-refractivity contribution is 7.99. The molecule has 32 heavy (non-hydrogen) atoms. The van der Waals surface area contributed by atoms with Gasteiger partial charge in [0.15, 0.2) is 11.0 Å². The zero-order valence-corrected chi connectivity index (χ0v) is 18.6. The molecule has 3 aromatic rings. The first-order chi connectivity index (χ1) is 15.3. The predicted molar refractivity (Wildman–Crippen MR) is 118 cm³/mol. The molecule has 1 aromatic heterocycles. The first-order valence-electron chi connectivity index (χ1n) is 9.89. The van der Waals surface area contributed by atoms with Crippen molar-refractivity contribution >= 4 is 29.3 Å². The molecule has 0 aliphatic heterocycles. The topological polar surface area (TPSA) is 88.9 Å². The molecule has 0 aliphatic rings. The number of carbonyl (C=O) groups is 2. The fraction of sp³-hybridized carbons (Fsp3) is 0.273. The number of hydrogen-bond donors (Lipinski definition) is 2. The third-order valence-electron chi connectivity index (χ3n) is 4.67. The number of nitrogens with zero attached hydrogens (tertiary/aromatic N) is 3. The SMILES string of the molecule is CC(C)C(NC(=O)c1ccccc1)c1nnc(SCC(=O)Nc2cc(F)ccc2F)n1C. The molecule has 2 N–H and O–H groups in total. The summed E-state index contributed by atoms with van der Waals surface area (Å²) in [5.41, 5.74) is 0.314. The van der Waals surface area contributed by atoms with Gasteiger partial charge in [0, 0.05) is 18.7 Å². The Kier molecular flexibility index (Phi) is 7.57. The van der Waals surface area contributed by atoms with E-state index in [1.54, 1.807) is 35.9 Å². The van der Waals surface area contributed by atoms with E-state index < -0.39 is 23.6 Å². The van der Waals surface area contributed by atoms with Gasteiger partial charge >= 0.3 is 0 Å². The average Bonchev–Trinajstić information content (AvgIpc) is 3.13. The number of nitrogens with one attached hydrogen (secondary N) is 2. The molecule has 0 fully saturated rings. The van der Waals surface area contributed by atoms with Gasteiger partial charge in [0.25, 0.3) is 5.91 Å². The van der Waals surface area contributed by atoms with Gasteiger partial charge in [-0.05, 0) is 30.2 Å². The second kappa shape index (κ2) is 10.4. The van der Waals surface area contributed by atoms with Crippen molar-refractivity contribution in [2.75, 3.05) is 11.1 Å². The van der Waals surface area contributed by atoms with Crippen LogP contribution in [-0.4, -0.2) is 32.3 Å². The van der Waals surface area contributed by atoms with Crippen molar-refractivity contribution in [1.29, 1.82) is 0 Å². The number of carbonyl (C=O) groups excluding carboxylic acids is 2. The van der Waals surface area contributed by atoms with Crippen LogP contribution in [0.1, 0.15) is 36.1 Å². The van der Waals surface area contributed by atoms with E-state index >= 15 is 0 Å². The van der Waals surface area contributed by atoms with Gasteiger partial charge in [-0.15, -0.1) is 10.2 Å². The van der Waals surface area contributed by atoms with E-state index in [0.717, 1.165) is 30.0 Å². The predicted octanol–water partition coefficient (Wildman–Crippen LogP) is 3.95. The van der Waals surface area contributed by atoms with Gasteiger partial charge in [-0.2, -0.15) is 0 Å². The second-order valence-corrected chi connectivity index (χ2v) is 8.36. The molecule has 0 aliphatic carbocycles. The van der Waals surface area contributed by atoms with Gasteiger partial charge in [-0.3, -0.25) is 9.59 Å². The molecule has 0 radical (unpaired) electrons. The standard InChI is InChI=1S/C22H23F2N5O2S/c1-13(2)19(26-21(31)14-7-5-4-6-8-14)20-27-28-22(29(20)3)32-12-18(30)25-17-11-15(23)9-10-16(17)24/h4-11,13,19H,12H2,1-3H3,(H,25,30)(H,26,31). The van der Waals surface area contributed by atoms with Crippen LogP contribution >= 0.6 is 11.8 Å². The maximum Gasteiger partial charge on any atom is 0.251 e. The summed E-state index contributed by atoms with van der Waals surface area (Å²) < 4.78 is 28.7. The number of hydrogen-bond acceptors (Lipinski definition) is 5. The quantitative estimate of drug-likeness (QED) is 0.498. The first kappa shape index (κ1) is 23.4. The molecule has 2 aromatic carbocycles. The zero-order valence-electron chi connectivity index (χ0n) is 17.8.